The number of carbonyl (C=O) groups is 1. The summed E-state index contributed by atoms with van der Waals surface area (Å²) in [6.07, 6.45) is 0.929. The first kappa shape index (κ1) is 14.3. The molecule has 0 bridgehead atoms. The number of para-hydroxylation sites is 1. The molecule has 0 saturated heterocycles. The Morgan fingerprint density at radius 3 is 2.89 bits per heavy atom. The summed E-state index contributed by atoms with van der Waals surface area (Å²) in [5.41, 5.74) is 0.902. The zero-order valence-electron chi connectivity index (χ0n) is 10.8. The van der Waals surface area contributed by atoms with Crippen molar-refractivity contribution in [3.63, 3.8) is 0 Å². The molecule has 0 aromatic heterocycles. The molecule has 98 valence electrons. The van der Waals surface area contributed by atoms with Crippen LogP contribution >= 0.6 is 0 Å². The molecule has 4 nitrogen and oxygen atoms in total. The van der Waals surface area contributed by atoms with Crippen LogP contribution in [0, 0.1) is 0 Å². The average molecular weight is 249 g/mol. The third kappa shape index (κ3) is 4.59. The van der Waals surface area contributed by atoms with Crippen LogP contribution in [-0.2, 0) is 16.1 Å². The lowest BCUT2D eigenvalue weighted by atomic mass is 10.2. The molecule has 0 radical (unpaired) electrons. The van der Waals surface area contributed by atoms with Crippen LogP contribution in [0.15, 0.2) is 36.9 Å². The molecule has 0 fully saturated rings. The fourth-order valence-electron chi connectivity index (χ4n) is 1.47. The fraction of sp³-hybridized carbons (Fsp3) is 0.357. The molecular weight excluding hydrogens is 230 g/mol. The highest BCUT2D eigenvalue weighted by atomic mass is 16.7. The molecule has 1 N–H and O–H groups in total. The van der Waals surface area contributed by atoms with E-state index in [4.69, 9.17) is 9.47 Å². The van der Waals surface area contributed by atoms with E-state index >= 15 is 0 Å². The van der Waals surface area contributed by atoms with Crippen LogP contribution in [0.25, 0.3) is 0 Å². The summed E-state index contributed by atoms with van der Waals surface area (Å²) >= 11 is 0. The first-order chi connectivity index (χ1) is 8.67. The number of amides is 1. The molecule has 0 aliphatic carbocycles. The predicted molar refractivity (Wildman–Crippen MR) is 70.2 cm³/mol. The van der Waals surface area contributed by atoms with Gasteiger partial charge < -0.3 is 14.8 Å². The predicted octanol–water partition coefficient (Wildman–Crippen LogP) is 2.25. The largest absolute Gasteiger partial charge is 0.465 e. The van der Waals surface area contributed by atoms with Crippen molar-refractivity contribution < 1.29 is 14.3 Å². The summed E-state index contributed by atoms with van der Waals surface area (Å²) in [6, 6.07) is 7.53. The molecule has 1 aromatic carbocycles. The highest BCUT2D eigenvalue weighted by Crippen LogP contribution is 2.19. The summed E-state index contributed by atoms with van der Waals surface area (Å²) in [6.45, 7) is 8.15. The smallest absolute Gasteiger partial charge is 0.243 e. The first-order valence-corrected chi connectivity index (χ1v) is 5.93. The van der Waals surface area contributed by atoms with Gasteiger partial charge in [-0.1, -0.05) is 24.8 Å². The van der Waals surface area contributed by atoms with E-state index in [9.17, 15) is 4.79 Å². The van der Waals surface area contributed by atoms with Gasteiger partial charge in [-0.15, -0.1) is 0 Å². The Bertz CT molecular complexity index is 404. The lowest BCUT2D eigenvalue weighted by Crippen LogP contribution is -2.22. The standard InChI is InChI=1S/C14H19NO3/c1-4-14(16)15-10-12-8-6-7-9-13(12)18-11(3)17-5-2/h4,6-9,11H,1,5,10H2,2-3H3,(H,15,16). The highest BCUT2D eigenvalue weighted by Gasteiger charge is 2.08. The molecule has 1 amide bonds. The van der Waals surface area contributed by atoms with Crippen molar-refractivity contribution in [2.45, 2.75) is 26.7 Å². The van der Waals surface area contributed by atoms with Gasteiger partial charge in [-0.2, -0.15) is 0 Å². The zero-order valence-corrected chi connectivity index (χ0v) is 10.8. The summed E-state index contributed by atoms with van der Waals surface area (Å²) in [5.74, 6) is 0.505. The van der Waals surface area contributed by atoms with E-state index in [2.05, 4.69) is 11.9 Å². The highest BCUT2D eigenvalue weighted by molar-refractivity contribution is 5.86. The second-order valence-electron chi connectivity index (χ2n) is 3.67. The van der Waals surface area contributed by atoms with E-state index in [1.54, 1.807) is 0 Å². The van der Waals surface area contributed by atoms with Crippen LogP contribution in [0.3, 0.4) is 0 Å². The second-order valence-corrected chi connectivity index (χ2v) is 3.67. The molecule has 0 aliphatic heterocycles. The summed E-state index contributed by atoms with van der Waals surface area (Å²) in [5, 5.41) is 2.72. The summed E-state index contributed by atoms with van der Waals surface area (Å²) < 4.78 is 11.0. The van der Waals surface area contributed by atoms with E-state index in [1.165, 1.54) is 6.08 Å². The quantitative estimate of drug-likeness (QED) is 0.595. The molecule has 18 heavy (non-hydrogen) atoms. The number of carbonyl (C=O) groups excluding carboxylic acids is 1. The molecule has 0 heterocycles. The maximum absolute atomic E-state index is 11.1. The Labute approximate surface area is 108 Å². The Kier molecular flexibility index (Phi) is 5.94. The van der Waals surface area contributed by atoms with Crippen LogP contribution in [0.2, 0.25) is 0 Å². The Balaban J connectivity index is 2.66. The van der Waals surface area contributed by atoms with Gasteiger partial charge in [-0.05, 0) is 26.0 Å². The Hall–Kier alpha value is -1.81. The van der Waals surface area contributed by atoms with Gasteiger partial charge in [0.15, 0.2) is 6.29 Å². The van der Waals surface area contributed by atoms with Gasteiger partial charge in [-0.3, -0.25) is 4.79 Å². The topological polar surface area (TPSA) is 47.6 Å². The molecular formula is C14H19NO3. The third-order valence-corrected chi connectivity index (χ3v) is 2.31. The van der Waals surface area contributed by atoms with E-state index in [0.29, 0.717) is 18.9 Å². The van der Waals surface area contributed by atoms with Gasteiger partial charge in [0.05, 0.1) is 0 Å². The minimum Gasteiger partial charge on any atom is -0.465 e. The fourth-order valence-corrected chi connectivity index (χ4v) is 1.47. The van der Waals surface area contributed by atoms with Crippen molar-refractivity contribution in [3.8, 4) is 5.75 Å². The summed E-state index contributed by atoms with van der Waals surface area (Å²) in [7, 11) is 0. The maximum atomic E-state index is 11.1. The molecule has 1 atom stereocenters. The van der Waals surface area contributed by atoms with Crippen molar-refractivity contribution in [1.29, 1.82) is 0 Å². The SMILES string of the molecule is C=CC(=O)NCc1ccccc1OC(C)OCC. The van der Waals surface area contributed by atoms with Crippen LogP contribution < -0.4 is 10.1 Å². The van der Waals surface area contributed by atoms with Gasteiger partial charge in [-0.25, -0.2) is 0 Å². The Morgan fingerprint density at radius 1 is 1.50 bits per heavy atom. The molecule has 1 rings (SSSR count). The molecule has 0 aliphatic rings. The second kappa shape index (κ2) is 7.50. The number of hydrogen-bond donors (Lipinski definition) is 1. The first-order valence-electron chi connectivity index (χ1n) is 5.93. The van der Waals surface area contributed by atoms with Crippen LogP contribution in [0.4, 0.5) is 0 Å². The van der Waals surface area contributed by atoms with Gasteiger partial charge in [0, 0.05) is 18.7 Å². The number of benzene rings is 1. The minimum absolute atomic E-state index is 0.206. The molecule has 0 saturated carbocycles. The van der Waals surface area contributed by atoms with E-state index in [-0.39, 0.29) is 12.2 Å². The van der Waals surface area contributed by atoms with Crippen molar-refractivity contribution in [1.82, 2.24) is 5.32 Å². The third-order valence-electron chi connectivity index (χ3n) is 2.31. The monoisotopic (exact) mass is 249 g/mol. The van der Waals surface area contributed by atoms with Gasteiger partial charge in [0.2, 0.25) is 5.91 Å². The van der Waals surface area contributed by atoms with Crippen molar-refractivity contribution >= 4 is 5.91 Å². The van der Waals surface area contributed by atoms with Gasteiger partial charge in [0.1, 0.15) is 5.75 Å². The lowest BCUT2D eigenvalue weighted by Gasteiger charge is -2.17. The molecule has 0 spiro atoms. The number of ether oxygens (including phenoxy) is 2. The lowest BCUT2D eigenvalue weighted by molar-refractivity contribution is -0.116. The molecule has 1 unspecified atom stereocenters. The van der Waals surface area contributed by atoms with Gasteiger partial charge in [0.25, 0.3) is 0 Å². The minimum atomic E-state index is -0.314. The van der Waals surface area contributed by atoms with E-state index in [1.807, 2.05) is 38.1 Å². The molecule has 4 heteroatoms. The molecule has 1 aromatic rings. The number of rotatable bonds is 7. The Morgan fingerprint density at radius 2 is 2.22 bits per heavy atom. The summed E-state index contributed by atoms with van der Waals surface area (Å²) in [4.78, 5) is 11.1. The number of nitrogens with one attached hydrogen (secondary N) is 1. The van der Waals surface area contributed by atoms with Gasteiger partial charge >= 0.3 is 0 Å². The average Bonchev–Trinajstić information content (AvgIpc) is 2.37. The van der Waals surface area contributed by atoms with Crippen molar-refractivity contribution in [2.75, 3.05) is 6.61 Å². The normalized spacial score (nSPS) is 11.7. The van der Waals surface area contributed by atoms with Crippen LogP contribution in [0.5, 0.6) is 5.75 Å². The van der Waals surface area contributed by atoms with Crippen molar-refractivity contribution in [2.24, 2.45) is 0 Å². The van der Waals surface area contributed by atoms with Crippen LogP contribution in [-0.4, -0.2) is 18.8 Å². The maximum Gasteiger partial charge on any atom is 0.243 e. The van der Waals surface area contributed by atoms with E-state index in [0.717, 1.165) is 5.56 Å². The number of hydrogen-bond acceptors (Lipinski definition) is 3. The van der Waals surface area contributed by atoms with Crippen LogP contribution in [0.1, 0.15) is 19.4 Å². The van der Waals surface area contributed by atoms with Crippen molar-refractivity contribution in [3.05, 3.63) is 42.5 Å². The van der Waals surface area contributed by atoms with E-state index < -0.39 is 0 Å². The zero-order chi connectivity index (χ0) is 13.4.